The van der Waals surface area contributed by atoms with Crippen LogP contribution in [0.15, 0.2) is 30.6 Å². The SMILES string of the molecule is Cn1ccnc1C(O)C1CCN(c2ccc([N+](=O)[O-])cc2C(F)(F)F)CC1. The van der Waals surface area contributed by atoms with Crippen LogP contribution >= 0.6 is 0 Å². The third kappa shape index (κ3) is 3.90. The number of non-ortho nitro benzene ring substituents is 1. The summed E-state index contributed by atoms with van der Waals surface area (Å²) in [5.74, 6) is 0.412. The molecule has 0 saturated carbocycles. The molecule has 0 spiro atoms. The minimum Gasteiger partial charge on any atom is -0.385 e. The number of aromatic nitrogens is 2. The maximum absolute atomic E-state index is 13.4. The first-order valence-electron chi connectivity index (χ1n) is 8.44. The predicted molar refractivity (Wildman–Crippen MR) is 91.2 cm³/mol. The van der Waals surface area contributed by atoms with E-state index in [9.17, 15) is 28.4 Å². The molecule has 1 aromatic heterocycles. The molecule has 1 unspecified atom stereocenters. The van der Waals surface area contributed by atoms with Crippen molar-refractivity contribution in [1.82, 2.24) is 9.55 Å². The fourth-order valence-electron chi connectivity index (χ4n) is 3.47. The van der Waals surface area contributed by atoms with Crippen LogP contribution < -0.4 is 4.90 Å². The lowest BCUT2D eigenvalue weighted by molar-refractivity contribution is -0.385. The fraction of sp³-hybridized carbons (Fsp3) is 0.471. The molecule has 0 radical (unpaired) electrons. The molecule has 0 bridgehead atoms. The Bertz CT molecular complexity index is 829. The van der Waals surface area contributed by atoms with E-state index in [2.05, 4.69) is 4.98 Å². The molecule has 1 aliphatic rings. The number of nitro groups is 1. The number of imidazole rings is 1. The van der Waals surface area contributed by atoms with E-state index in [1.807, 2.05) is 0 Å². The number of piperidine rings is 1. The summed E-state index contributed by atoms with van der Waals surface area (Å²) in [7, 11) is 1.77. The maximum Gasteiger partial charge on any atom is 0.418 e. The van der Waals surface area contributed by atoms with Crippen molar-refractivity contribution in [1.29, 1.82) is 0 Å². The number of anilines is 1. The Balaban J connectivity index is 1.78. The number of hydrogen-bond donors (Lipinski definition) is 1. The van der Waals surface area contributed by atoms with Gasteiger partial charge in [-0.1, -0.05) is 0 Å². The molecule has 2 aromatic rings. The van der Waals surface area contributed by atoms with Gasteiger partial charge in [-0.3, -0.25) is 10.1 Å². The molecule has 7 nitrogen and oxygen atoms in total. The molecule has 10 heteroatoms. The number of alkyl halides is 3. The largest absolute Gasteiger partial charge is 0.418 e. The van der Waals surface area contributed by atoms with Gasteiger partial charge in [-0.05, 0) is 24.8 Å². The van der Waals surface area contributed by atoms with E-state index >= 15 is 0 Å². The number of aliphatic hydroxyl groups is 1. The molecule has 1 atom stereocenters. The van der Waals surface area contributed by atoms with Gasteiger partial charge in [0, 0.05) is 50.4 Å². The summed E-state index contributed by atoms with van der Waals surface area (Å²) in [5, 5.41) is 21.3. The zero-order valence-electron chi connectivity index (χ0n) is 14.6. The Kier molecular flexibility index (Phi) is 5.09. The molecule has 1 aromatic carbocycles. The quantitative estimate of drug-likeness (QED) is 0.646. The van der Waals surface area contributed by atoms with Gasteiger partial charge in [-0.2, -0.15) is 13.2 Å². The van der Waals surface area contributed by atoms with Gasteiger partial charge in [0.1, 0.15) is 11.9 Å². The molecule has 1 N–H and O–H groups in total. The molecule has 0 amide bonds. The van der Waals surface area contributed by atoms with Crippen molar-refractivity contribution in [2.24, 2.45) is 13.0 Å². The van der Waals surface area contributed by atoms with Gasteiger partial charge >= 0.3 is 6.18 Å². The average molecular weight is 384 g/mol. The minimum absolute atomic E-state index is 0.0713. The van der Waals surface area contributed by atoms with Crippen molar-refractivity contribution in [3.05, 3.63) is 52.1 Å². The van der Waals surface area contributed by atoms with E-state index < -0.39 is 28.5 Å². The van der Waals surface area contributed by atoms with Crippen LogP contribution in [-0.4, -0.2) is 32.7 Å². The Morgan fingerprint density at radius 2 is 2.00 bits per heavy atom. The van der Waals surface area contributed by atoms with E-state index in [4.69, 9.17) is 0 Å². The average Bonchev–Trinajstić information content (AvgIpc) is 3.06. The zero-order chi connectivity index (χ0) is 19.8. The van der Waals surface area contributed by atoms with E-state index in [0.29, 0.717) is 37.8 Å². The number of halogens is 3. The summed E-state index contributed by atoms with van der Waals surface area (Å²) in [6.45, 7) is 0.625. The smallest absolute Gasteiger partial charge is 0.385 e. The predicted octanol–water partition coefficient (Wildman–Crippen LogP) is 3.30. The number of nitrogens with zero attached hydrogens (tertiary/aromatic N) is 4. The van der Waals surface area contributed by atoms with Gasteiger partial charge < -0.3 is 14.6 Å². The maximum atomic E-state index is 13.4. The lowest BCUT2D eigenvalue weighted by atomic mass is 9.90. The standard InChI is InChI=1S/C17H19F3N4O3/c1-22-9-6-21-16(22)15(25)11-4-7-23(8-5-11)14-3-2-12(24(26)27)10-13(14)17(18,19)20/h2-3,6,9-11,15,25H,4-5,7-8H2,1H3. The molecule has 1 aliphatic heterocycles. The molecule has 0 aliphatic carbocycles. The topological polar surface area (TPSA) is 84.4 Å². The lowest BCUT2D eigenvalue weighted by Gasteiger charge is -2.36. The molecule has 1 fully saturated rings. The number of aryl methyl sites for hydroxylation is 1. The van der Waals surface area contributed by atoms with E-state index in [-0.39, 0.29) is 11.6 Å². The second kappa shape index (κ2) is 7.18. The molecular formula is C17H19F3N4O3. The summed E-state index contributed by atoms with van der Waals surface area (Å²) in [5.41, 5.74) is -1.68. The second-order valence-electron chi connectivity index (χ2n) is 6.62. The van der Waals surface area contributed by atoms with Crippen LogP contribution in [-0.2, 0) is 13.2 Å². The second-order valence-corrected chi connectivity index (χ2v) is 6.62. The number of benzene rings is 1. The van der Waals surface area contributed by atoms with Crippen LogP contribution in [0.2, 0.25) is 0 Å². The highest BCUT2D eigenvalue weighted by atomic mass is 19.4. The Morgan fingerprint density at radius 3 is 2.52 bits per heavy atom. The van der Waals surface area contributed by atoms with Gasteiger partial charge in [0.15, 0.2) is 0 Å². The van der Waals surface area contributed by atoms with Crippen molar-refractivity contribution >= 4 is 11.4 Å². The van der Waals surface area contributed by atoms with E-state index in [0.717, 1.165) is 12.1 Å². The Labute approximate surface area is 153 Å². The summed E-state index contributed by atoms with van der Waals surface area (Å²) in [6.07, 6.45) is -1.19. The van der Waals surface area contributed by atoms with Crippen LogP contribution in [0.25, 0.3) is 0 Å². The first kappa shape index (κ1) is 19.2. The fourth-order valence-corrected chi connectivity index (χ4v) is 3.47. The van der Waals surface area contributed by atoms with E-state index in [1.54, 1.807) is 28.9 Å². The van der Waals surface area contributed by atoms with Crippen molar-refractivity contribution in [2.45, 2.75) is 25.1 Å². The first-order valence-corrected chi connectivity index (χ1v) is 8.44. The van der Waals surface area contributed by atoms with Crippen molar-refractivity contribution in [3.63, 3.8) is 0 Å². The summed E-state index contributed by atoms with van der Waals surface area (Å²) < 4.78 is 41.9. The molecule has 27 heavy (non-hydrogen) atoms. The van der Waals surface area contributed by atoms with Crippen LogP contribution in [0.4, 0.5) is 24.5 Å². The summed E-state index contributed by atoms with van der Waals surface area (Å²) >= 11 is 0. The Hall–Kier alpha value is -2.62. The van der Waals surface area contributed by atoms with Crippen LogP contribution in [0.1, 0.15) is 30.3 Å². The van der Waals surface area contributed by atoms with E-state index in [1.165, 1.54) is 0 Å². The molecule has 2 heterocycles. The Morgan fingerprint density at radius 1 is 1.33 bits per heavy atom. The normalized spacial score (nSPS) is 17.1. The highest BCUT2D eigenvalue weighted by molar-refractivity contribution is 5.59. The summed E-state index contributed by atoms with van der Waals surface area (Å²) in [4.78, 5) is 15.7. The zero-order valence-corrected chi connectivity index (χ0v) is 14.6. The minimum atomic E-state index is -4.69. The summed E-state index contributed by atoms with van der Waals surface area (Å²) in [6, 6.07) is 2.81. The van der Waals surface area contributed by atoms with Crippen LogP contribution in [0.3, 0.4) is 0 Å². The van der Waals surface area contributed by atoms with Gasteiger partial charge in [-0.15, -0.1) is 0 Å². The molecule has 146 valence electrons. The van der Waals surface area contributed by atoms with Gasteiger partial charge in [0.2, 0.25) is 0 Å². The third-order valence-electron chi connectivity index (χ3n) is 4.95. The van der Waals surface area contributed by atoms with Gasteiger partial charge in [-0.25, -0.2) is 4.98 Å². The third-order valence-corrected chi connectivity index (χ3v) is 4.95. The van der Waals surface area contributed by atoms with Crippen LogP contribution in [0, 0.1) is 16.0 Å². The van der Waals surface area contributed by atoms with Gasteiger partial charge in [0.25, 0.3) is 5.69 Å². The van der Waals surface area contributed by atoms with Gasteiger partial charge in [0.05, 0.1) is 10.5 Å². The van der Waals surface area contributed by atoms with Crippen molar-refractivity contribution in [2.75, 3.05) is 18.0 Å². The first-order chi connectivity index (χ1) is 12.7. The molecule has 1 saturated heterocycles. The highest BCUT2D eigenvalue weighted by Crippen LogP contribution is 2.40. The van der Waals surface area contributed by atoms with Crippen molar-refractivity contribution in [3.8, 4) is 0 Å². The molecule has 3 rings (SSSR count). The number of hydrogen-bond acceptors (Lipinski definition) is 5. The van der Waals surface area contributed by atoms with Crippen molar-refractivity contribution < 1.29 is 23.2 Å². The monoisotopic (exact) mass is 384 g/mol. The van der Waals surface area contributed by atoms with Crippen LogP contribution in [0.5, 0.6) is 0 Å². The highest BCUT2D eigenvalue weighted by Gasteiger charge is 2.38. The number of nitro benzene ring substituents is 1. The molecular weight excluding hydrogens is 365 g/mol. The number of aliphatic hydroxyl groups excluding tert-OH is 1. The number of rotatable bonds is 4. The lowest BCUT2D eigenvalue weighted by Crippen LogP contribution is -2.37.